The third-order valence-corrected chi connectivity index (χ3v) is 2.30. The van der Waals surface area contributed by atoms with Crippen LogP contribution >= 0.6 is 0 Å². The van der Waals surface area contributed by atoms with Crippen LogP contribution in [0.1, 0.15) is 13.3 Å². The van der Waals surface area contributed by atoms with Crippen LogP contribution in [0.4, 0.5) is 13.2 Å². The van der Waals surface area contributed by atoms with E-state index in [2.05, 4.69) is 10.8 Å². The first-order valence-electron chi connectivity index (χ1n) is 3.84. The van der Waals surface area contributed by atoms with Gasteiger partial charge in [-0.05, 0) is 13.3 Å². The minimum atomic E-state index is -5.62. The second-order valence-electron chi connectivity index (χ2n) is 3.00. The van der Waals surface area contributed by atoms with E-state index in [0.717, 1.165) is 0 Å². The summed E-state index contributed by atoms with van der Waals surface area (Å²) in [6.07, 6.45) is -1.34. The molecule has 0 amide bonds. The molecule has 0 radical (unpaired) electrons. The van der Waals surface area contributed by atoms with Crippen molar-refractivity contribution in [1.29, 1.82) is 0 Å². The fraction of sp³-hybridized carbons (Fsp3) is 0.714. The molecular formula is C7H11F3O4S. The Morgan fingerprint density at radius 2 is 2.00 bits per heavy atom. The maximum Gasteiger partial charge on any atom is 0.523 e. The van der Waals surface area contributed by atoms with E-state index in [1.807, 2.05) is 0 Å². The highest BCUT2D eigenvalue weighted by molar-refractivity contribution is 7.87. The van der Waals surface area contributed by atoms with E-state index in [1.165, 1.54) is 0 Å². The first-order valence-corrected chi connectivity index (χ1v) is 5.25. The third-order valence-electron chi connectivity index (χ3n) is 1.28. The highest BCUT2D eigenvalue weighted by Crippen LogP contribution is 2.24. The maximum absolute atomic E-state index is 11.7. The Labute approximate surface area is 85.5 Å². The van der Waals surface area contributed by atoms with Crippen molar-refractivity contribution in [3.63, 3.8) is 0 Å². The Balaban J connectivity index is 4.23. The number of halogens is 3. The molecule has 0 spiro atoms. The molecule has 15 heavy (non-hydrogen) atoms. The van der Waals surface area contributed by atoms with Gasteiger partial charge in [0, 0.05) is 0 Å². The molecule has 90 valence electrons. The lowest BCUT2D eigenvalue weighted by Gasteiger charge is -2.12. The van der Waals surface area contributed by atoms with Crippen LogP contribution in [-0.2, 0) is 14.3 Å². The molecule has 0 saturated carbocycles. The molecule has 0 aliphatic rings. The van der Waals surface area contributed by atoms with Gasteiger partial charge in [-0.3, -0.25) is 4.18 Å². The molecule has 0 aliphatic heterocycles. The first-order chi connectivity index (χ1) is 6.56. The molecule has 0 aromatic rings. The smallest absolute Gasteiger partial charge is 0.390 e. The largest absolute Gasteiger partial charge is 0.523 e. The zero-order valence-electron chi connectivity index (χ0n) is 7.91. The Morgan fingerprint density at radius 3 is 2.33 bits per heavy atom. The zero-order chi connectivity index (χ0) is 12.3. The lowest BCUT2D eigenvalue weighted by atomic mass is 10.2. The van der Waals surface area contributed by atoms with E-state index < -0.39 is 28.3 Å². The molecule has 0 rings (SSSR count). The van der Waals surface area contributed by atoms with Gasteiger partial charge in [0.05, 0.1) is 12.7 Å². The van der Waals surface area contributed by atoms with Gasteiger partial charge >= 0.3 is 15.6 Å². The van der Waals surface area contributed by atoms with Crippen molar-refractivity contribution in [2.75, 3.05) is 6.61 Å². The second kappa shape index (κ2) is 4.95. The summed E-state index contributed by atoms with van der Waals surface area (Å²) in [5.74, 6) is 0. The van der Waals surface area contributed by atoms with Crippen molar-refractivity contribution < 1.29 is 30.9 Å². The highest BCUT2D eigenvalue weighted by atomic mass is 32.2. The zero-order valence-corrected chi connectivity index (χ0v) is 8.73. The SMILES string of the molecule is C=C(C)C[C@H](O)COS(=O)(=O)C(F)(F)F. The van der Waals surface area contributed by atoms with Crippen molar-refractivity contribution in [2.24, 2.45) is 0 Å². The van der Waals surface area contributed by atoms with Gasteiger partial charge in [0.2, 0.25) is 0 Å². The van der Waals surface area contributed by atoms with Crippen LogP contribution < -0.4 is 0 Å². The van der Waals surface area contributed by atoms with Crippen LogP contribution in [0.25, 0.3) is 0 Å². The second-order valence-corrected chi connectivity index (χ2v) is 4.61. The van der Waals surface area contributed by atoms with Gasteiger partial charge in [0.1, 0.15) is 0 Å². The summed E-state index contributed by atoms with van der Waals surface area (Å²) in [5.41, 5.74) is -4.95. The Kier molecular flexibility index (Phi) is 4.75. The molecule has 0 fully saturated rings. The van der Waals surface area contributed by atoms with E-state index in [4.69, 9.17) is 5.11 Å². The summed E-state index contributed by atoms with van der Waals surface area (Å²) in [5, 5.41) is 9.03. The molecule has 0 heterocycles. The van der Waals surface area contributed by atoms with E-state index in [1.54, 1.807) is 6.92 Å². The molecule has 0 saturated heterocycles. The predicted octanol–water partition coefficient (Wildman–Crippen LogP) is 1.18. The minimum absolute atomic E-state index is 0.0205. The number of aliphatic hydroxyl groups excluding tert-OH is 1. The van der Waals surface area contributed by atoms with Gasteiger partial charge in [0.25, 0.3) is 0 Å². The van der Waals surface area contributed by atoms with Crippen LogP contribution in [0.15, 0.2) is 12.2 Å². The van der Waals surface area contributed by atoms with E-state index in [0.29, 0.717) is 5.57 Å². The molecule has 0 unspecified atom stereocenters. The molecule has 0 bridgehead atoms. The number of aliphatic hydroxyl groups is 1. The molecular weight excluding hydrogens is 237 g/mol. The van der Waals surface area contributed by atoms with Crippen molar-refractivity contribution in [1.82, 2.24) is 0 Å². The quantitative estimate of drug-likeness (QED) is 0.451. The van der Waals surface area contributed by atoms with E-state index >= 15 is 0 Å². The van der Waals surface area contributed by atoms with Gasteiger partial charge in [-0.15, -0.1) is 6.58 Å². The van der Waals surface area contributed by atoms with Crippen LogP contribution in [0, 0.1) is 0 Å². The minimum Gasteiger partial charge on any atom is -0.390 e. The topological polar surface area (TPSA) is 63.6 Å². The van der Waals surface area contributed by atoms with Crippen molar-refractivity contribution in [3.05, 3.63) is 12.2 Å². The highest BCUT2D eigenvalue weighted by Gasteiger charge is 2.47. The number of hydrogen-bond donors (Lipinski definition) is 1. The Hall–Kier alpha value is -0.600. The number of rotatable bonds is 5. The number of hydrogen-bond acceptors (Lipinski definition) is 4. The van der Waals surface area contributed by atoms with Crippen molar-refractivity contribution in [3.8, 4) is 0 Å². The maximum atomic E-state index is 11.7. The molecule has 1 N–H and O–H groups in total. The fourth-order valence-electron chi connectivity index (χ4n) is 0.696. The van der Waals surface area contributed by atoms with Crippen molar-refractivity contribution in [2.45, 2.75) is 25.0 Å². The summed E-state index contributed by atoms with van der Waals surface area (Å²) >= 11 is 0. The third kappa shape index (κ3) is 5.14. The van der Waals surface area contributed by atoms with E-state index in [9.17, 15) is 21.6 Å². The molecule has 8 heteroatoms. The molecule has 1 atom stereocenters. The molecule has 0 aromatic carbocycles. The van der Waals surface area contributed by atoms with Gasteiger partial charge in [-0.25, -0.2) is 0 Å². The van der Waals surface area contributed by atoms with Gasteiger partial charge in [0.15, 0.2) is 0 Å². The molecule has 0 aliphatic carbocycles. The summed E-state index contributed by atoms with van der Waals surface area (Å²) < 4.78 is 59.5. The molecule has 0 aromatic heterocycles. The monoisotopic (exact) mass is 248 g/mol. The average molecular weight is 248 g/mol. The van der Waals surface area contributed by atoms with E-state index in [-0.39, 0.29) is 6.42 Å². The lowest BCUT2D eigenvalue weighted by Crippen LogP contribution is -2.29. The Bertz CT molecular complexity index is 320. The average Bonchev–Trinajstić information content (AvgIpc) is 1.97. The predicted molar refractivity (Wildman–Crippen MR) is 46.4 cm³/mol. The van der Waals surface area contributed by atoms with Crippen LogP contribution in [0.5, 0.6) is 0 Å². The first kappa shape index (κ1) is 14.4. The molecule has 4 nitrogen and oxygen atoms in total. The summed E-state index contributed by atoms with van der Waals surface area (Å²) in [7, 11) is -5.62. The number of alkyl halides is 3. The normalized spacial score (nSPS) is 15.0. The van der Waals surface area contributed by atoms with Crippen LogP contribution in [0.3, 0.4) is 0 Å². The standard InChI is InChI=1S/C7H11F3O4S/c1-5(2)3-6(11)4-14-15(12,13)7(8,9)10/h6,11H,1,3-4H2,2H3/t6-/m0/s1. The lowest BCUT2D eigenvalue weighted by molar-refractivity contribution is -0.0563. The van der Waals surface area contributed by atoms with Gasteiger partial charge < -0.3 is 5.11 Å². The van der Waals surface area contributed by atoms with Crippen molar-refractivity contribution >= 4 is 10.1 Å². The van der Waals surface area contributed by atoms with Gasteiger partial charge in [-0.1, -0.05) is 5.57 Å². The van der Waals surface area contributed by atoms with Crippen LogP contribution in [-0.4, -0.2) is 31.7 Å². The van der Waals surface area contributed by atoms with Crippen LogP contribution in [0.2, 0.25) is 0 Å². The Morgan fingerprint density at radius 1 is 1.53 bits per heavy atom. The summed E-state index contributed by atoms with van der Waals surface area (Å²) in [4.78, 5) is 0. The van der Waals surface area contributed by atoms with Gasteiger partial charge in [-0.2, -0.15) is 21.6 Å². The summed E-state index contributed by atoms with van der Waals surface area (Å²) in [6.45, 7) is 4.01. The summed E-state index contributed by atoms with van der Waals surface area (Å²) in [6, 6.07) is 0. The fourth-order valence-corrected chi connectivity index (χ4v) is 1.17.